The molecular formula is C88H96F16N14O22S5. The van der Waals surface area contributed by atoms with Crippen molar-refractivity contribution in [2.75, 3.05) is 32.2 Å². The Kier molecular flexibility index (Phi) is 42.4. The molecule has 1 aliphatic heterocycles. The summed E-state index contributed by atoms with van der Waals surface area (Å²) in [5.41, 5.74) is -14.2. The number of thioether (sulfide) groups is 1. The summed E-state index contributed by atoms with van der Waals surface area (Å²) >= 11 is 5.53. The van der Waals surface area contributed by atoms with Crippen LogP contribution >= 0.6 is 24.0 Å². The number of rotatable bonds is 29. The van der Waals surface area contributed by atoms with Gasteiger partial charge < -0.3 is 36.4 Å². The lowest BCUT2D eigenvalue weighted by Gasteiger charge is -2.38. The van der Waals surface area contributed by atoms with Gasteiger partial charge in [0.05, 0.1) is 83.8 Å². The molecule has 0 fully saturated rings. The summed E-state index contributed by atoms with van der Waals surface area (Å²) in [6.45, 7) is 15.8. The Balaban J connectivity index is 0.000000365. The molecule has 0 aliphatic carbocycles. The lowest BCUT2D eigenvalue weighted by molar-refractivity contribution is -0.385. The van der Waals surface area contributed by atoms with Gasteiger partial charge in [-0.3, -0.25) is 75.6 Å². The number of non-ortho nitro benzene ring substituents is 6. The molecule has 792 valence electrons. The average molecular weight is 2170 g/mol. The van der Waals surface area contributed by atoms with Gasteiger partial charge in [0.15, 0.2) is 15.8 Å². The highest BCUT2D eigenvalue weighted by Crippen LogP contribution is 2.50. The number of halogens is 16. The summed E-state index contributed by atoms with van der Waals surface area (Å²) in [5.74, 6) is -30.0. The van der Waals surface area contributed by atoms with E-state index in [-0.39, 0.29) is 34.3 Å². The summed E-state index contributed by atoms with van der Waals surface area (Å²) in [4.78, 5) is 100. The summed E-state index contributed by atoms with van der Waals surface area (Å²) in [6.07, 6.45) is 0. The van der Waals surface area contributed by atoms with Crippen LogP contribution < -0.4 is 31.1 Å². The van der Waals surface area contributed by atoms with Gasteiger partial charge in [-0.05, 0) is 184 Å². The summed E-state index contributed by atoms with van der Waals surface area (Å²) in [5, 5.41) is 97.8. The summed E-state index contributed by atoms with van der Waals surface area (Å²) < 4.78 is 275. The van der Waals surface area contributed by atoms with E-state index in [1.165, 1.54) is 79.7 Å². The van der Waals surface area contributed by atoms with Crippen LogP contribution in [0.25, 0.3) is 0 Å². The fourth-order valence-corrected chi connectivity index (χ4v) is 15.5. The number of esters is 1. The summed E-state index contributed by atoms with van der Waals surface area (Å²) in [7, 11) is -5.77. The number of carbonyl (C=O) groups excluding carboxylic acids is 3. The van der Waals surface area contributed by atoms with E-state index in [4.69, 9.17) is 33.3 Å². The standard InChI is InChI=1S/C18H16F3N3O4S.C18H14F3N3O3S.C16H21F3N2O5S.C14H19F3N2O4S.C12H15FN2O3S.C10H11F3N2O3/c1-17(18(20,21)10-25,13-9-12(24(27)28)7-8-14(13)19)23-16(29)22-15(26)11-5-3-2-4-6-11;1-17(13-9-12(24(26)27)7-8-14(13)19)18(20,21)10-28-16(23-17)22-15(25)11-5-3-2-4-6-11;1-6-26-13(22)16(18,19)15(5,20-27(25)14(2,3)4)11-9-10(21(23)24)7-8-12(11)17;1-12(2,3)24(23)18-13(4,14(16,17)8-20)10-7-9(19(21)22)5-6-11(10)15;1-8(14-19(18)12(2,3)4)10-7-9(15(16)17)5-6-11(10)13;1-9(14,10(12,13)5-16)7-4-6(15(17)18)2-3-8(7)11/h2-9,25H,10H2,1H3,(H2,22,23,26,29);2-9H,10H2,1H3,(H,22,23,25);7-9,20H,6H2,1-5H3;5-7,18,20H,8H2,1-4H3;5-7H,1-4H3;2-4,16H,5,14H2,1H3/t2*17-;15-,27-;13-,24-;19-;9-/m111111/s1. The number of amidine groups is 1. The van der Waals surface area contributed by atoms with Crippen LogP contribution in [0.1, 0.15) is 165 Å². The number of benzene rings is 8. The first kappa shape index (κ1) is 125. The molecule has 0 saturated heterocycles. The molecule has 8 atom stereocenters. The molecule has 0 bridgehead atoms. The number of hydrogen-bond donors (Lipinski definition) is 9. The lowest BCUT2D eigenvalue weighted by Crippen LogP contribution is -2.60. The Morgan fingerprint density at radius 1 is 0.483 bits per heavy atom. The third-order valence-corrected chi connectivity index (χ3v) is 26.9. The minimum absolute atomic E-state index is 0.00759. The Labute approximate surface area is 832 Å². The second-order valence-corrected chi connectivity index (χ2v) is 41.8. The van der Waals surface area contributed by atoms with Crippen LogP contribution in [0.15, 0.2) is 179 Å². The van der Waals surface area contributed by atoms with E-state index in [1.54, 1.807) is 57.2 Å². The van der Waals surface area contributed by atoms with Crippen LogP contribution in [0.3, 0.4) is 0 Å². The molecule has 1 heterocycles. The Morgan fingerprint density at radius 3 is 1.19 bits per heavy atom. The zero-order valence-corrected chi connectivity index (χ0v) is 83.1. The number of ether oxygens (including phenoxy) is 1. The molecule has 8 aromatic carbocycles. The molecule has 0 radical (unpaired) electrons. The largest absolute Gasteiger partial charge is 0.461 e. The van der Waals surface area contributed by atoms with Crippen molar-refractivity contribution in [3.8, 4) is 0 Å². The lowest BCUT2D eigenvalue weighted by atomic mass is 9.85. The van der Waals surface area contributed by atoms with Crippen molar-refractivity contribution in [3.63, 3.8) is 0 Å². The van der Waals surface area contributed by atoms with Crippen molar-refractivity contribution < 1.29 is 147 Å². The van der Waals surface area contributed by atoms with Gasteiger partial charge in [0, 0.05) is 117 Å². The third kappa shape index (κ3) is 30.9. The van der Waals surface area contributed by atoms with Crippen LogP contribution in [0, 0.1) is 95.6 Å². The van der Waals surface area contributed by atoms with Gasteiger partial charge in [-0.15, -0.1) is 0 Å². The number of alkyl halides is 10. The molecule has 0 unspecified atom stereocenters. The van der Waals surface area contributed by atoms with E-state index in [9.17, 15) is 158 Å². The molecule has 9 rings (SSSR count). The smallest absolute Gasteiger partial charge is 0.379 e. The van der Waals surface area contributed by atoms with Gasteiger partial charge in [0.2, 0.25) is 0 Å². The monoisotopic (exact) mass is 2160 g/mol. The van der Waals surface area contributed by atoms with Gasteiger partial charge >= 0.3 is 11.9 Å². The predicted octanol–water partition coefficient (Wildman–Crippen LogP) is 17.4. The zero-order valence-electron chi connectivity index (χ0n) is 79.0. The third-order valence-electron chi connectivity index (χ3n) is 20.8. The van der Waals surface area contributed by atoms with Gasteiger partial charge in [0.25, 0.3) is 69.6 Å². The van der Waals surface area contributed by atoms with E-state index in [2.05, 4.69) is 39.5 Å². The number of nitrogens with one attached hydrogen (secondary N) is 5. The highest BCUT2D eigenvalue weighted by atomic mass is 32.2. The van der Waals surface area contributed by atoms with E-state index in [0.717, 1.165) is 95.3 Å². The van der Waals surface area contributed by atoms with Crippen LogP contribution in [-0.2, 0) is 70.2 Å². The van der Waals surface area contributed by atoms with Crippen molar-refractivity contribution in [2.24, 2.45) is 15.1 Å². The molecule has 36 nitrogen and oxygen atoms in total. The number of nitrogens with zero attached hydrogens (tertiary/aromatic N) is 8. The maximum Gasteiger partial charge on any atom is 0.379 e. The van der Waals surface area contributed by atoms with Gasteiger partial charge in [0.1, 0.15) is 87.9 Å². The molecule has 145 heavy (non-hydrogen) atoms. The minimum Gasteiger partial charge on any atom is -0.461 e. The minimum atomic E-state index is -4.39. The molecule has 57 heteroatoms. The summed E-state index contributed by atoms with van der Waals surface area (Å²) in [6, 6.07) is 29.8. The van der Waals surface area contributed by atoms with Crippen molar-refractivity contribution in [1.82, 2.24) is 25.4 Å². The first-order valence-electron chi connectivity index (χ1n) is 41.3. The van der Waals surface area contributed by atoms with E-state index in [1.807, 2.05) is 0 Å². The second kappa shape index (κ2) is 49.4. The number of nitro groups is 6. The van der Waals surface area contributed by atoms with Crippen LogP contribution in [0.5, 0.6) is 0 Å². The van der Waals surface area contributed by atoms with Crippen molar-refractivity contribution in [2.45, 2.75) is 182 Å². The normalized spacial score (nSPS) is 16.1. The van der Waals surface area contributed by atoms with Gasteiger partial charge in [-0.25, -0.2) is 93.3 Å². The van der Waals surface area contributed by atoms with Crippen molar-refractivity contribution in [3.05, 3.63) is 310 Å². The molecule has 10 N–H and O–H groups in total. The predicted molar refractivity (Wildman–Crippen MR) is 508 cm³/mol. The number of hydrogen-bond acceptors (Lipinski definition) is 26. The Bertz CT molecular complexity index is 6280. The number of nitro benzene ring substituents is 6. The first-order chi connectivity index (χ1) is 66.3. The number of nitrogens with two attached hydrogens (primary N) is 1. The maximum absolute atomic E-state index is 15.0. The molecule has 1 aliphatic rings. The highest BCUT2D eigenvalue weighted by molar-refractivity contribution is 8.14. The SMILES string of the molecule is CC(=N[S@](=O)C(C)(C)C)c1cc([N+](=O)[O-])ccc1F.CC(C)(C)[S@@](=O)N[C@](C)(c1cc([N+](=O)[O-])ccc1F)C(F)(F)CO.CCOC(=O)C(F)(F)[C@](C)(N[S@](=O)C(C)(C)C)c1cc([N+](=O)[O-])ccc1F.C[C@@](N)(c1cc([N+](=O)[O-])ccc1F)C(F)(F)CO.C[C@@](NC(=S)NC(=O)c1ccccc1)(c1cc([N+](=O)[O-])ccc1F)C(F)(F)CO.C[C@]1(c2cc([N+](=O)[O-])ccc2F)N=C(NC(=O)c2ccccc2)SCC1(F)F. The molecule has 0 aromatic heterocycles. The van der Waals surface area contributed by atoms with Crippen molar-refractivity contribution in [1.29, 1.82) is 0 Å². The van der Waals surface area contributed by atoms with E-state index < -0.39 is 274 Å². The topological polar surface area (TPSA) is 542 Å². The quantitative estimate of drug-likeness (QED) is 0.00525. The molecule has 0 spiro atoms. The molecule has 8 aromatic rings. The Hall–Kier alpha value is -12.8. The van der Waals surface area contributed by atoms with Crippen LogP contribution in [0.2, 0.25) is 0 Å². The highest BCUT2D eigenvalue weighted by Gasteiger charge is 2.62. The van der Waals surface area contributed by atoms with E-state index >= 15 is 0 Å². The van der Waals surface area contributed by atoms with Crippen molar-refractivity contribution >= 4 is 125 Å². The van der Waals surface area contributed by atoms with Gasteiger partial charge in [-0.2, -0.15) is 13.2 Å². The second-order valence-electron chi connectivity index (χ2n) is 34.6. The number of aliphatic imine (C=N–C) groups is 1. The van der Waals surface area contributed by atoms with Crippen LogP contribution in [0.4, 0.5) is 104 Å². The zero-order chi connectivity index (χ0) is 111. The fourth-order valence-electron chi connectivity index (χ4n) is 11.7. The number of carbonyl (C=O) groups is 3. The van der Waals surface area contributed by atoms with Gasteiger partial charge in [-0.1, -0.05) is 48.2 Å². The first-order valence-corrected chi connectivity index (χ1v) is 46.1. The average Bonchev–Trinajstić information content (AvgIpc) is 0.762. The number of thiocarbonyl (C=S) groups is 1. The molecule has 2 amide bonds. The number of aliphatic hydroxyl groups excluding tert-OH is 3. The number of amides is 2. The number of aliphatic hydroxyl groups is 3. The fraction of sp³-hybridized carbons (Fsp3) is 0.386. The van der Waals surface area contributed by atoms with E-state index in [0.29, 0.717) is 65.9 Å². The Morgan fingerprint density at radius 2 is 0.814 bits per heavy atom. The molecular weight excluding hydrogens is 2070 g/mol. The molecule has 0 saturated carbocycles. The van der Waals surface area contributed by atoms with Crippen LogP contribution in [-0.4, -0.2) is 167 Å². The maximum atomic E-state index is 15.0.